The minimum absolute atomic E-state index is 0.0750. The number of hydrogen-bond donors (Lipinski definition) is 2. The molecule has 0 heterocycles. The van der Waals surface area contributed by atoms with E-state index in [9.17, 15) is 4.79 Å². The number of rotatable bonds is 7. The minimum Gasteiger partial charge on any atom is -0.493 e. The number of Topliss-reactive ketones (excluding diaryl/α,β-unsaturated/α-hetero) is 1. The highest BCUT2D eigenvalue weighted by Crippen LogP contribution is 2.36. The molecular formula is C23H22FNO3. The molecule has 0 atom stereocenters. The molecule has 144 valence electrons. The maximum atomic E-state index is 15.5. The van der Waals surface area contributed by atoms with Crippen molar-refractivity contribution < 1.29 is 19.1 Å². The molecule has 0 fully saturated rings. The monoisotopic (exact) mass is 379 g/mol. The highest BCUT2D eigenvalue weighted by Gasteiger charge is 2.17. The van der Waals surface area contributed by atoms with E-state index in [0.717, 1.165) is 5.56 Å². The van der Waals surface area contributed by atoms with Crippen molar-refractivity contribution in [2.75, 3.05) is 12.1 Å². The molecule has 0 unspecified atom stereocenters. The van der Waals surface area contributed by atoms with Crippen molar-refractivity contribution in [2.45, 2.75) is 20.3 Å². The molecule has 0 amide bonds. The molecule has 3 rings (SSSR count). The largest absolute Gasteiger partial charge is 0.493 e. The van der Waals surface area contributed by atoms with Crippen molar-refractivity contribution in [1.29, 1.82) is 0 Å². The van der Waals surface area contributed by atoms with Gasteiger partial charge in [0.2, 0.25) is 0 Å². The number of ether oxygens (including phenoxy) is 1. The molecule has 3 aromatic carbocycles. The summed E-state index contributed by atoms with van der Waals surface area (Å²) in [6, 6.07) is 17.5. The first-order valence-electron chi connectivity index (χ1n) is 9.08. The lowest BCUT2D eigenvalue weighted by molar-refractivity contribution is 0.101. The van der Waals surface area contributed by atoms with Gasteiger partial charge in [0.1, 0.15) is 11.6 Å². The van der Waals surface area contributed by atoms with Crippen molar-refractivity contribution >= 4 is 11.5 Å². The van der Waals surface area contributed by atoms with Crippen LogP contribution in [-0.2, 0) is 6.42 Å². The van der Waals surface area contributed by atoms with Crippen molar-refractivity contribution in [3.05, 3.63) is 83.2 Å². The molecule has 0 aliphatic carbocycles. The summed E-state index contributed by atoms with van der Waals surface area (Å²) >= 11 is 0. The predicted octanol–water partition coefficient (Wildman–Crippen LogP) is 5.49. The van der Waals surface area contributed by atoms with Gasteiger partial charge in [0, 0.05) is 12.0 Å². The van der Waals surface area contributed by atoms with Crippen molar-refractivity contribution in [2.24, 2.45) is 0 Å². The standard InChI is InChI=1S/C23H22FNO3/c1-3-28-21-12-9-19(13-16-7-10-20(25-27)11-8-16)23(24)22(21)18-6-4-5-17(14-18)15(2)26/h4-12,14,25,27H,3,13H2,1-2H3. The van der Waals surface area contributed by atoms with Crippen molar-refractivity contribution in [3.63, 3.8) is 0 Å². The lowest BCUT2D eigenvalue weighted by Crippen LogP contribution is -2.02. The summed E-state index contributed by atoms with van der Waals surface area (Å²) in [5.41, 5.74) is 5.57. The Bertz CT molecular complexity index is 984. The van der Waals surface area contributed by atoms with Crippen molar-refractivity contribution in [1.82, 2.24) is 0 Å². The van der Waals surface area contributed by atoms with Crippen LogP contribution in [0.1, 0.15) is 35.3 Å². The number of carbonyl (C=O) groups excluding carboxylic acids is 1. The SMILES string of the molecule is CCOc1ccc(Cc2ccc(NO)cc2)c(F)c1-c1cccc(C(C)=O)c1. The van der Waals surface area contributed by atoms with Gasteiger partial charge in [0.25, 0.3) is 0 Å². The average Bonchev–Trinajstić information content (AvgIpc) is 2.71. The Balaban J connectivity index is 2.05. The number of halogens is 1. The van der Waals surface area contributed by atoms with Gasteiger partial charge in [0.05, 0.1) is 17.9 Å². The Labute approximate surface area is 163 Å². The van der Waals surface area contributed by atoms with Crippen LogP contribution in [0.4, 0.5) is 10.1 Å². The first-order chi connectivity index (χ1) is 13.5. The molecule has 5 heteroatoms. The highest BCUT2D eigenvalue weighted by atomic mass is 19.1. The molecule has 0 aliphatic rings. The molecular weight excluding hydrogens is 357 g/mol. The van der Waals surface area contributed by atoms with Gasteiger partial charge in [-0.1, -0.05) is 36.4 Å². The van der Waals surface area contributed by atoms with E-state index < -0.39 is 0 Å². The molecule has 0 spiro atoms. The second-order valence-corrected chi connectivity index (χ2v) is 6.47. The molecule has 0 aliphatic heterocycles. The van der Waals surface area contributed by atoms with Crippen LogP contribution in [0.2, 0.25) is 0 Å². The second-order valence-electron chi connectivity index (χ2n) is 6.47. The van der Waals surface area contributed by atoms with Crippen LogP contribution < -0.4 is 10.2 Å². The molecule has 0 aromatic heterocycles. The van der Waals surface area contributed by atoms with Gasteiger partial charge in [-0.25, -0.2) is 4.39 Å². The average molecular weight is 379 g/mol. The first-order valence-corrected chi connectivity index (χ1v) is 9.08. The number of nitrogens with one attached hydrogen (secondary N) is 1. The van der Waals surface area contributed by atoms with Gasteiger partial charge >= 0.3 is 0 Å². The Kier molecular flexibility index (Phi) is 6.06. The zero-order valence-corrected chi connectivity index (χ0v) is 15.8. The lowest BCUT2D eigenvalue weighted by Gasteiger charge is -2.15. The molecule has 4 nitrogen and oxygen atoms in total. The Morgan fingerprint density at radius 3 is 2.50 bits per heavy atom. The maximum Gasteiger partial charge on any atom is 0.159 e. The number of ketones is 1. The fourth-order valence-electron chi connectivity index (χ4n) is 3.09. The zero-order chi connectivity index (χ0) is 20.1. The zero-order valence-electron chi connectivity index (χ0n) is 15.8. The Morgan fingerprint density at radius 1 is 1.11 bits per heavy atom. The van der Waals surface area contributed by atoms with Gasteiger partial charge in [0.15, 0.2) is 5.78 Å². The molecule has 28 heavy (non-hydrogen) atoms. The molecule has 0 radical (unpaired) electrons. The third kappa shape index (κ3) is 4.21. The predicted molar refractivity (Wildman–Crippen MR) is 108 cm³/mol. The van der Waals surface area contributed by atoms with Gasteiger partial charge in [-0.05, 0) is 54.8 Å². The Morgan fingerprint density at radius 2 is 1.86 bits per heavy atom. The second kappa shape index (κ2) is 8.67. The summed E-state index contributed by atoms with van der Waals surface area (Å²) in [6.45, 7) is 3.74. The summed E-state index contributed by atoms with van der Waals surface area (Å²) in [4.78, 5) is 11.7. The van der Waals surface area contributed by atoms with Crippen LogP contribution in [0.25, 0.3) is 11.1 Å². The topological polar surface area (TPSA) is 58.6 Å². The molecule has 0 saturated heterocycles. The molecule has 3 aromatic rings. The summed E-state index contributed by atoms with van der Waals surface area (Å²) < 4.78 is 21.1. The molecule has 0 bridgehead atoms. The van der Waals surface area contributed by atoms with E-state index in [1.165, 1.54) is 6.92 Å². The van der Waals surface area contributed by atoms with E-state index in [-0.39, 0.29) is 11.6 Å². The third-order valence-electron chi connectivity index (χ3n) is 4.52. The summed E-state index contributed by atoms with van der Waals surface area (Å²) in [5.74, 6) is 0.00856. The number of carbonyl (C=O) groups is 1. The third-order valence-corrected chi connectivity index (χ3v) is 4.52. The van der Waals surface area contributed by atoms with Crippen LogP contribution in [0, 0.1) is 5.82 Å². The first kappa shape index (κ1) is 19.6. The lowest BCUT2D eigenvalue weighted by atomic mass is 9.95. The quantitative estimate of drug-likeness (QED) is 0.421. The van der Waals surface area contributed by atoms with Gasteiger partial charge in [-0.3, -0.25) is 15.5 Å². The molecule has 2 N–H and O–H groups in total. The van der Waals surface area contributed by atoms with Crippen molar-refractivity contribution in [3.8, 4) is 16.9 Å². The smallest absolute Gasteiger partial charge is 0.159 e. The number of hydrogen-bond acceptors (Lipinski definition) is 4. The van der Waals surface area contributed by atoms with E-state index >= 15 is 4.39 Å². The number of anilines is 1. The molecule has 0 saturated carbocycles. The van der Waals surface area contributed by atoms with Crippen LogP contribution in [0.5, 0.6) is 5.75 Å². The highest BCUT2D eigenvalue weighted by molar-refractivity contribution is 5.95. The van der Waals surface area contributed by atoms with Gasteiger partial charge < -0.3 is 4.74 Å². The number of benzene rings is 3. The van der Waals surface area contributed by atoms with Crippen LogP contribution in [0.3, 0.4) is 0 Å². The van der Waals surface area contributed by atoms with E-state index in [1.807, 2.05) is 19.1 Å². The fraction of sp³-hybridized carbons (Fsp3) is 0.174. The minimum atomic E-state index is -0.365. The van der Waals surface area contributed by atoms with E-state index in [2.05, 4.69) is 5.48 Å². The van der Waals surface area contributed by atoms with Crippen LogP contribution in [-0.4, -0.2) is 17.6 Å². The summed E-state index contributed by atoms with van der Waals surface area (Å²) in [5, 5.41) is 8.92. The van der Waals surface area contributed by atoms with Crippen LogP contribution >= 0.6 is 0 Å². The van der Waals surface area contributed by atoms with E-state index in [1.54, 1.807) is 48.5 Å². The van der Waals surface area contributed by atoms with E-state index in [0.29, 0.717) is 46.7 Å². The van der Waals surface area contributed by atoms with Gasteiger partial charge in [-0.2, -0.15) is 0 Å². The normalized spacial score (nSPS) is 10.6. The summed E-state index contributed by atoms with van der Waals surface area (Å²) in [6.07, 6.45) is 0.392. The maximum absolute atomic E-state index is 15.5. The summed E-state index contributed by atoms with van der Waals surface area (Å²) in [7, 11) is 0. The fourth-order valence-corrected chi connectivity index (χ4v) is 3.09. The van der Waals surface area contributed by atoms with E-state index in [4.69, 9.17) is 9.94 Å². The van der Waals surface area contributed by atoms with Crippen LogP contribution in [0.15, 0.2) is 60.7 Å². The van der Waals surface area contributed by atoms with Gasteiger partial charge in [-0.15, -0.1) is 0 Å². The Hall–Kier alpha value is -3.18.